The SMILES string of the molecule is COc1cc(C2C(C(=O)Nc3ccccc3)=C(C)N=c3sc(=Cc4cnn(C)c4C)c(=O)n32)ccc1O. The highest BCUT2D eigenvalue weighted by molar-refractivity contribution is 7.07. The molecule has 37 heavy (non-hydrogen) atoms. The molecule has 1 atom stereocenters. The Morgan fingerprint density at radius 2 is 1.95 bits per heavy atom. The van der Waals surface area contributed by atoms with E-state index in [0.29, 0.717) is 31.9 Å². The molecule has 1 aliphatic rings. The summed E-state index contributed by atoms with van der Waals surface area (Å²) in [5, 5.41) is 17.4. The second-order valence-corrected chi connectivity index (χ2v) is 9.65. The van der Waals surface area contributed by atoms with Crippen LogP contribution in [0.1, 0.15) is 29.8 Å². The first kappa shape index (κ1) is 24.3. The summed E-state index contributed by atoms with van der Waals surface area (Å²) in [4.78, 5) is 32.5. The number of nitrogens with one attached hydrogen (secondary N) is 1. The Balaban J connectivity index is 1.71. The topological polar surface area (TPSA) is 111 Å². The maximum Gasteiger partial charge on any atom is 0.271 e. The molecule has 2 N–H and O–H groups in total. The number of amides is 1. The monoisotopic (exact) mass is 515 g/mol. The lowest BCUT2D eigenvalue weighted by Crippen LogP contribution is -2.40. The Bertz CT molecular complexity index is 1730. The third kappa shape index (κ3) is 4.36. The molecule has 0 fully saturated rings. The number of phenols is 1. The van der Waals surface area contributed by atoms with Crippen molar-refractivity contribution >= 4 is 29.0 Å². The zero-order valence-corrected chi connectivity index (χ0v) is 21.5. The minimum Gasteiger partial charge on any atom is -0.504 e. The van der Waals surface area contributed by atoms with E-state index in [0.717, 1.165) is 11.3 Å². The molecule has 0 saturated carbocycles. The molecule has 3 heterocycles. The van der Waals surface area contributed by atoms with E-state index < -0.39 is 6.04 Å². The molecule has 4 aromatic rings. The van der Waals surface area contributed by atoms with Crippen LogP contribution in [-0.4, -0.2) is 32.5 Å². The van der Waals surface area contributed by atoms with Crippen molar-refractivity contribution in [2.24, 2.45) is 12.0 Å². The smallest absolute Gasteiger partial charge is 0.271 e. The molecular formula is C27H25N5O4S. The summed E-state index contributed by atoms with van der Waals surface area (Å²) in [7, 11) is 3.29. The predicted octanol–water partition coefficient (Wildman–Crippen LogP) is 2.63. The number of rotatable bonds is 5. The standard InChI is InChI=1S/C27H25N5O4S/c1-15-23(25(34)30-19-8-6-5-7-9-19)24(17-10-11-20(33)21(12-17)36-4)32-26(35)22(37-27(32)29-15)13-18-14-28-31(3)16(18)2/h5-14,24,33H,1-4H3,(H,30,34). The van der Waals surface area contributed by atoms with Gasteiger partial charge in [0.05, 0.1) is 35.2 Å². The van der Waals surface area contributed by atoms with Gasteiger partial charge in [-0.2, -0.15) is 5.10 Å². The number of carbonyl (C=O) groups excluding carboxylic acids is 1. The van der Waals surface area contributed by atoms with E-state index in [1.54, 1.807) is 48.1 Å². The number of hydrogen-bond donors (Lipinski definition) is 2. The van der Waals surface area contributed by atoms with Gasteiger partial charge in [-0.15, -0.1) is 0 Å². The summed E-state index contributed by atoms with van der Waals surface area (Å²) < 4.78 is 9.07. The second kappa shape index (κ2) is 9.55. The summed E-state index contributed by atoms with van der Waals surface area (Å²) in [6, 6.07) is 13.1. The van der Waals surface area contributed by atoms with Crippen LogP contribution < -0.4 is 24.9 Å². The third-order valence-electron chi connectivity index (χ3n) is 6.38. The number of carbonyl (C=O) groups is 1. The van der Waals surface area contributed by atoms with Crippen LogP contribution >= 0.6 is 11.3 Å². The van der Waals surface area contributed by atoms with E-state index in [2.05, 4.69) is 15.4 Å². The largest absolute Gasteiger partial charge is 0.504 e. The molecular weight excluding hydrogens is 490 g/mol. The molecule has 1 unspecified atom stereocenters. The molecule has 1 aliphatic heterocycles. The average molecular weight is 516 g/mol. The van der Waals surface area contributed by atoms with Crippen molar-refractivity contribution in [2.75, 3.05) is 12.4 Å². The highest BCUT2D eigenvalue weighted by atomic mass is 32.1. The number of ether oxygens (including phenoxy) is 1. The van der Waals surface area contributed by atoms with Gasteiger partial charge in [-0.3, -0.25) is 18.8 Å². The molecule has 188 valence electrons. The number of aryl methyl sites for hydroxylation is 1. The van der Waals surface area contributed by atoms with Crippen LogP contribution in [0.25, 0.3) is 6.08 Å². The molecule has 9 nitrogen and oxygen atoms in total. The van der Waals surface area contributed by atoms with Gasteiger partial charge in [0.1, 0.15) is 0 Å². The number of para-hydroxylation sites is 1. The number of fused-ring (bicyclic) bond motifs is 1. The van der Waals surface area contributed by atoms with Crippen LogP contribution in [0, 0.1) is 6.92 Å². The van der Waals surface area contributed by atoms with Crippen molar-refractivity contribution in [1.82, 2.24) is 14.3 Å². The molecule has 0 aliphatic carbocycles. The summed E-state index contributed by atoms with van der Waals surface area (Å²) in [5.41, 5.74) is 3.52. The van der Waals surface area contributed by atoms with E-state index >= 15 is 0 Å². The number of aromatic nitrogens is 3. The number of hydrogen-bond acceptors (Lipinski definition) is 7. The van der Waals surface area contributed by atoms with Crippen LogP contribution in [0.4, 0.5) is 5.69 Å². The number of nitrogens with zero attached hydrogens (tertiary/aromatic N) is 4. The van der Waals surface area contributed by atoms with Gasteiger partial charge in [-0.25, -0.2) is 4.99 Å². The van der Waals surface area contributed by atoms with Crippen molar-refractivity contribution in [3.63, 3.8) is 0 Å². The Morgan fingerprint density at radius 1 is 1.19 bits per heavy atom. The molecule has 10 heteroatoms. The van der Waals surface area contributed by atoms with Gasteiger partial charge >= 0.3 is 0 Å². The molecule has 0 bridgehead atoms. The molecule has 1 amide bonds. The van der Waals surface area contributed by atoms with E-state index in [1.165, 1.54) is 29.1 Å². The first-order valence-electron chi connectivity index (χ1n) is 11.5. The van der Waals surface area contributed by atoms with Crippen LogP contribution in [0.3, 0.4) is 0 Å². The lowest BCUT2D eigenvalue weighted by atomic mass is 9.94. The first-order chi connectivity index (χ1) is 17.8. The summed E-state index contributed by atoms with van der Waals surface area (Å²) in [6.07, 6.45) is 3.50. The van der Waals surface area contributed by atoms with E-state index in [4.69, 9.17) is 4.74 Å². The maximum atomic E-state index is 13.8. The fourth-order valence-corrected chi connectivity index (χ4v) is 5.35. The zero-order valence-electron chi connectivity index (χ0n) is 20.7. The third-order valence-corrected chi connectivity index (χ3v) is 7.36. The highest BCUT2D eigenvalue weighted by Gasteiger charge is 2.33. The fourth-order valence-electron chi connectivity index (χ4n) is 4.31. The zero-order chi connectivity index (χ0) is 26.3. The Hall–Kier alpha value is -4.44. The Morgan fingerprint density at radius 3 is 2.62 bits per heavy atom. The number of aromatic hydroxyl groups is 1. The molecule has 0 saturated heterocycles. The van der Waals surface area contributed by atoms with Crippen LogP contribution in [-0.2, 0) is 11.8 Å². The average Bonchev–Trinajstić information content (AvgIpc) is 3.37. The van der Waals surface area contributed by atoms with Crippen molar-refractivity contribution in [3.05, 3.63) is 103 Å². The van der Waals surface area contributed by atoms with Gasteiger partial charge < -0.3 is 15.2 Å². The molecule has 5 rings (SSSR count). The van der Waals surface area contributed by atoms with Gasteiger partial charge in [-0.05, 0) is 49.8 Å². The highest BCUT2D eigenvalue weighted by Crippen LogP contribution is 2.35. The Kier molecular flexibility index (Phi) is 6.26. The number of benzene rings is 2. The van der Waals surface area contributed by atoms with Crippen molar-refractivity contribution in [2.45, 2.75) is 19.9 Å². The Labute approximate surface area is 216 Å². The normalized spacial score (nSPS) is 15.4. The van der Waals surface area contributed by atoms with E-state index in [9.17, 15) is 14.7 Å². The summed E-state index contributed by atoms with van der Waals surface area (Å²) >= 11 is 1.25. The summed E-state index contributed by atoms with van der Waals surface area (Å²) in [6.45, 7) is 3.69. The quantitative estimate of drug-likeness (QED) is 0.425. The van der Waals surface area contributed by atoms with Gasteiger partial charge in [0.25, 0.3) is 11.5 Å². The lowest BCUT2D eigenvalue weighted by Gasteiger charge is -2.25. The predicted molar refractivity (Wildman–Crippen MR) is 141 cm³/mol. The second-order valence-electron chi connectivity index (χ2n) is 8.64. The van der Waals surface area contributed by atoms with Crippen LogP contribution in [0.2, 0.25) is 0 Å². The number of methoxy groups -OCH3 is 1. The van der Waals surface area contributed by atoms with Gasteiger partial charge in [0.2, 0.25) is 0 Å². The number of thiazole rings is 1. The number of phenolic OH excluding ortho intramolecular Hbond substituents is 1. The lowest BCUT2D eigenvalue weighted by molar-refractivity contribution is -0.113. The molecule has 2 aromatic heterocycles. The minimum absolute atomic E-state index is 0.0401. The minimum atomic E-state index is -0.786. The van der Waals surface area contributed by atoms with Crippen LogP contribution in [0.5, 0.6) is 11.5 Å². The number of allylic oxidation sites excluding steroid dienone is 1. The molecule has 0 radical (unpaired) electrons. The van der Waals surface area contributed by atoms with Crippen molar-refractivity contribution in [3.8, 4) is 11.5 Å². The van der Waals surface area contributed by atoms with E-state index in [-0.39, 0.29) is 23.0 Å². The van der Waals surface area contributed by atoms with Gasteiger partial charge in [0, 0.05) is 24.0 Å². The fraction of sp³-hybridized carbons (Fsp3) is 0.185. The molecule has 0 spiro atoms. The summed E-state index contributed by atoms with van der Waals surface area (Å²) in [5.74, 6) is -0.174. The first-order valence-corrected chi connectivity index (χ1v) is 12.3. The molecule has 2 aromatic carbocycles. The van der Waals surface area contributed by atoms with Crippen LogP contribution in [0.15, 0.2) is 75.8 Å². The van der Waals surface area contributed by atoms with Crippen molar-refractivity contribution < 1.29 is 14.6 Å². The van der Waals surface area contributed by atoms with Gasteiger partial charge in [0.15, 0.2) is 16.3 Å². The van der Waals surface area contributed by atoms with E-state index in [1.807, 2.05) is 32.2 Å². The number of anilines is 1. The van der Waals surface area contributed by atoms with Crippen molar-refractivity contribution in [1.29, 1.82) is 0 Å². The maximum absolute atomic E-state index is 13.8. The van der Waals surface area contributed by atoms with Gasteiger partial charge in [-0.1, -0.05) is 35.6 Å².